The molecule has 2 aromatic rings. The molecule has 3 aliphatic rings. The van der Waals surface area contributed by atoms with Crippen LogP contribution in [0.25, 0.3) is 0 Å². The van der Waals surface area contributed by atoms with Gasteiger partial charge in [0.2, 0.25) is 0 Å². The van der Waals surface area contributed by atoms with Crippen LogP contribution < -0.4 is 10.9 Å². The molecule has 1 aliphatic carbocycles. The van der Waals surface area contributed by atoms with Crippen molar-refractivity contribution in [2.75, 3.05) is 26.2 Å². The van der Waals surface area contributed by atoms with E-state index in [1.165, 1.54) is 11.1 Å². The van der Waals surface area contributed by atoms with E-state index in [9.17, 15) is 14.7 Å². The number of likely N-dealkylation sites (tertiary alicyclic amines) is 2. The number of nitrogens with one attached hydrogen (secondary N) is 2. The molecule has 7 nitrogen and oxygen atoms in total. The number of fused-ring (bicyclic) bond motifs is 1. The van der Waals surface area contributed by atoms with Crippen molar-refractivity contribution in [3.63, 3.8) is 0 Å². The highest BCUT2D eigenvalue weighted by atomic mass is 16.3. The Labute approximate surface area is 201 Å². The van der Waals surface area contributed by atoms with Crippen LogP contribution in [0.5, 0.6) is 0 Å². The zero-order valence-corrected chi connectivity index (χ0v) is 19.8. The minimum Gasteiger partial charge on any atom is -0.393 e. The van der Waals surface area contributed by atoms with Gasteiger partial charge in [-0.05, 0) is 68.2 Å². The van der Waals surface area contributed by atoms with Gasteiger partial charge in [-0.15, -0.1) is 0 Å². The Morgan fingerprint density at radius 1 is 1.00 bits per heavy atom. The highest BCUT2D eigenvalue weighted by Crippen LogP contribution is 2.29. The van der Waals surface area contributed by atoms with Gasteiger partial charge in [0.25, 0.3) is 11.5 Å². The molecule has 2 saturated heterocycles. The molecule has 7 heteroatoms. The number of rotatable bonds is 5. The first-order valence-corrected chi connectivity index (χ1v) is 12.8. The largest absolute Gasteiger partial charge is 0.393 e. The lowest BCUT2D eigenvalue weighted by Gasteiger charge is -2.41. The van der Waals surface area contributed by atoms with Crippen LogP contribution in [-0.4, -0.2) is 64.1 Å². The number of pyridine rings is 1. The molecule has 1 aromatic heterocycles. The van der Waals surface area contributed by atoms with Gasteiger partial charge in [0.15, 0.2) is 0 Å². The number of aliphatic hydroxyl groups is 1. The Balaban J connectivity index is 1.16. The van der Waals surface area contributed by atoms with Crippen molar-refractivity contribution < 1.29 is 9.90 Å². The lowest BCUT2D eigenvalue weighted by Crippen LogP contribution is -2.48. The number of carbonyl (C=O) groups excluding carboxylic acids is 1. The summed E-state index contributed by atoms with van der Waals surface area (Å²) in [5.41, 5.74) is 3.16. The fourth-order valence-electron chi connectivity index (χ4n) is 5.86. The van der Waals surface area contributed by atoms with Crippen LogP contribution in [0, 0.1) is 0 Å². The predicted molar refractivity (Wildman–Crippen MR) is 132 cm³/mol. The fraction of sp³-hybridized carbons (Fsp3) is 0.556. The van der Waals surface area contributed by atoms with Gasteiger partial charge in [-0.1, -0.05) is 24.3 Å². The smallest absolute Gasteiger partial charge is 0.261 e. The summed E-state index contributed by atoms with van der Waals surface area (Å²) in [5, 5.41) is 12.8. The average molecular weight is 465 g/mol. The van der Waals surface area contributed by atoms with Gasteiger partial charge in [0.05, 0.1) is 12.1 Å². The molecule has 182 valence electrons. The van der Waals surface area contributed by atoms with Gasteiger partial charge in [-0.25, -0.2) is 0 Å². The minimum absolute atomic E-state index is 0.0408. The second-order valence-electron chi connectivity index (χ2n) is 10.1. The van der Waals surface area contributed by atoms with Crippen molar-refractivity contribution in [1.29, 1.82) is 0 Å². The summed E-state index contributed by atoms with van der Waals surface area (Å²) in [7, 11) is 0. The normalized spacial score (nSPS) is 22.9. The molecule has 0 radical (unpaired) electrons. The third-order valence-electron chi connectivity index (χ3n) is 7.86. The van der Waals surface area contributed by atoms with Gasteiger partial charge >= 0.3 is 0 Å². The Hall–Kier alpha value is -2.48. The van der Waals surface area contributed by atoms with Gasteiger partial charge in [-0.3, -0.25) is 14.5 Å². The number of H-pyrrole nitrogens is 1. The quantitative estimate of drug-likeness (QED) is 0.633. The van der Waals surface area contributed by atoms with E-state index in [1.54, 1.807) is 6.07 Å². The standard InChI is InChI=1S/C27H36N4O3/c32-22-12-16-31(17-13-22)21-10-14-30(15-11-21)18-20-8-9-24(26(33)28-20)27(34)29-25-7-3-5-19-4-1-2-6-23(19)25/h1-2,4,6,8-9,21-22,25,32H,3,5,7,10-18H2,(H,28,33)(H,29,34)/t25-/m1/s1. The molecule has 3 heterocycles. The molecule has 0 bridgehead atoms. The Morgan fingerprint density at radius 3 is 2.53 bits per heavy atom. The molecule has 0 spiro atoms. The second kappa shape index (κ2) is 10.4. The molecule has 0 saturated carbocycles. The van der Waals surface area contributed by atoms with Crippen LogP contribution in [0.2, 0.25) is 0 Å². The molecule has 2 fully saturated rings. The van der Waals surface area contributed by atoms with E-state index in [4.69, 9.17) is 0 Å². The molecular formula is C27H36N4O3. The molecule has 3 N–H and O–H groups in total. The van der Waals surface area contributed by atoms with Crippen LogP contribution in [0.3, 0.4) is 0 Å². The Morgan fingerprint density at radius 2 is 1.76 bits per heavy atom. The zero-order valence-electron chi connectivity index (χ0n) is 19.8. The number of aryl methyl sites for hydroxylation is 1. The van der Waals surface area contributed by atoms with E-state index < -0.39 is 0 Å². The first kappa shape index (κ1) is 23.3. The van der Waals surface area contributed by atoms with Gasteiger partial charge < -0.3 is 20.3 Å². The number of nitrogens with zero attached hydrogens (tertiary/aromatic N) is 2. The summed E-state index contributed by atoms with van der Waals surface area (Å²) in [6, 6.07) is 12.3. The maximum Gasteiger partial charge on any atom is 0.261 e. The first-order chi connectivity index (χ1) is 16.6. The van der Waals surface area contributed by atoms with Crippen LogP contribution in [-0.2, 0) is 13.0 Å². The van der Waals surface area contributed by atoms with Gasteiger partial charge in [0.1, 0.15) is 5.56 Å². The fourth-order valence-corrected chi connectivity index (χ4v) is 5.86. The summed E-state index contributed by atoms with van der Waals surface area (Å²) < 4.78 is 0. The number of carbonyl (C=O) groups is 1. The number of amides is 1. The Kier molecular flexibility index (Phi) is 7.13. The van der Waals surface area contributed by atoms with Crippen molar-refractivity contribution in [2.45, 2.75) is 69.7 Å². The number of hydrogen-bond acceptors (Lipinski definition) is 5. The SMILES string of the molecule is O=C(N[C@@H]1CCCc2ccccc21)c1ccc(CN2CCC(N3CCC(O)CC3)CC2)[nH]c1=O. The number of aromatic nitrogens is 1. The molecule has 2 aliphatic heterocycles. The topological polar surface area (TPSA) is 88.7 Å². The predicted octanol–water partition coefficient (Wildman–Crippen LogP) is 2.60. The van der Waals surface area contributed by atoms with Crippen molar-refractivity contribution >= 4 is 5.91 Å². The van der Waals surface area contributed by atoms with E-state index in [-0.39, 0.29) is 29.2 Å². The number of aliphatic hydroxyl groups excluding tert-OH is 1. The van der Waals surface area contributed by atoms with Crippen molar-refractivity contribution in [1.82, 2.24) is 20.1 Å². The number of piperidine rings is 2. The molecule has 1 amide bonds. The average Bonchev–Trinajstić information content (AvgIpc) is 2.85. The molecule has 1 aromatic carbocycles. The highest BCUT2D eigenvalue weighted by Gasteiger charge is 2.28. The Bertz CT molecular complexity index is 1050. The van der Waals surface area contributed by atoms with Crippen molar-refractivity contribution in [2.24, 2.45) is 0 Å². The van der Waals surface area contributed by atoms with Crippen molar-refractivity contribution in [3.8, 4) is 0 Å². The summed E-state index contributed by atoms with van der Waals surface area (Å²) in [6.45, 7) is 4.67. The first-order valence-electron chi connectivity index (χ1n) is 12.8. The summed E-state index contributed by atoms with van der Waals surface area (Å²) in [4.78, 5) is 33.5. The third kappa shape index (κ3) is 5.27. The van der Waals surface area contributed by atoms with E-state index in [2.05, 4.69) is 32.2 Å². The lowest BCUT2D eigenvalue weighted by molar-refractivity contribution is 0.0373. The number of aromatic amines is 1. The number of benzene rings is 1. The van der Waals surface area contributed by atoms with E-state index >= 15 is 0 Å². The van der Waals surface area contributed by atoms with Crippen LogP contribution in [0.4, 0.5) is 0 Å². The molecule has 5 rings (SSSR count). The monoisotopic (exact) mass is 464 g/mol. The third-order valence-corrected chi connectivity index (χ3v) is 7.86. The molecular weight excluding hydrogens is 428 g/mol. The van der Waals surface area contributed by atoms with E-state index in [0.29, 0.717) is 12.6 Å². The van der Waals surface area contributed by atoms with Crippen molar-refractivity contribution in [3.05, 3.63) is 69.1 Å². The second-order valence-corrected chi connectivity index (χ2v) is 10.1. The number of hydrogen-bond donors (Lipinski definition) is 3. The molecule has 34 heavy (non-hydrogen) atoms. The minimum atomic E-state index is -0.319. The van der Waals surface area contributed by atoms with Gasteiger partial charge in [0, 0.05) is 44.5 Å². The molecule has 0 unspecified atom stereocenters. The maximum atomic E-state index is 12.9. The summed E-state index contributed by atoms with van der Waals surface area (Å²) >= 11 is 0. The summed E-state index contributed by atoms with van der Waals surface area (Å²) in [6.07, 6.45) is 6.84. The zero-order chi connectivity index (χ0) is 23.5. The summed E-state index contributed by atoms with van der Waals surface area (Å²) in [5.74, 6) is -0.304. The van der Waals surface area contributed by atoms with Gasteiger partial charge in [-0.2, -0.15) is 0 Å². The van der Waals surface area contributed by atoms with E-state index in [1.807, 2.05) is 18.2 Å². The lowest BCUT2D eigenvalue weighted by atomic mass is 9.87. The van der Waals surface area contributed by atoms with Crippen LogP contribution in [0.1, 0.15) is 71.7 Å². The highest BCUT2D eigenvalue weighted by molar-refractivity contribution is 5.94. The van der Waals surface area contributed by atoms with Crippen LogP contribution in [0.15, 0.2) is 41.2 Å². The van der Waals surface area contributed by atoms with Crippen LogP contribution >= 0.6 is 0 Å². The molecule has 1 atom stereocenters. The van der Waals surface area contributed by atoms with E-state index in [0.717, 1.165) is 76.8 Å². The maximum absolute atomic E-state index is 12.9.